The number of benzene rings is 2. The number of nitrogens with two attached hydrogens (primary N) is 1. The molecule has 9 heteroatoms. The summed E-state index contributed by atoms with van der Waals surface area (Å²) in [7, 11) is 2.89. The highest BCUT2D eigenvalue weighted by Gasteiger charge is 2.21. The lowest BCUT2D eigenvalue weighted by Crippen LogP contribution is -2.19. The third kappa shape index (κ3) is 3.88. The van der Waals surface area contributed by atoms with E-state index in [2.05, 4.69) is 15.6 Å². The van der Waals surface area contributed by atoms with Crippen LogP contribution in [0.4, 0.5) is 5.69 Å². The molecule has 0 aliphatic heterocycles. The molecule has 0 aliphatic rings. The average molecular weight is 395 g/mol. The van der Waals surface area contributed by atoms with Crippen molar-refractivity contribution in [2.45, 2.75) is 13.8 Å². The Kier molecular flexibility index (Phi) is 5.49. The smallest absolute Gasteiger partial charge is 0.278 e. The first-order valence-corrected chi connectivity index (χ1v) is 8.72. The first-order chi connectivity index (χ1) is 13.8. The molecule has 0 bridgehead atoms. The van der Waals surface area contributed by atoms with Crippen LogP contribution in [-0.2, 0) is 0 Å². The molecule has 0 spiro atoms. The molecule has 3 aromatic rings. The lowest BCUT2D eigenvalue weighted by molar-refractivity contribution is 0.100. The maximum Gasteiger partial charge on any atom is 0.278 e. The van der Waals surface area contributed by atoms with Crippen molar-refractivity contribution in [2.24, 2.45) is 5.73 Å². The highest BCUT2D eigenvalue weighted by molar-refractivity contribution is 6.08. The number of anilines is 1. The summed E-state index contributed by atoms with van der Waals surface area (Å²) in [6.45, 7) is 3.72. The number of rotatable bonds is 6. The molecule has 3 rings (SSSR count). The highest BCUT2D eigenvalue weighted by Crippen LogP contribution is 2.33. The molecule has 2 amide bonds. The Morgan fingerprint density at radius 3 is 2.24 bits per heavy atom. The van der Waals surface area contributed by atoms with E-state index in [1.165, 1.54) is 26.4 Å². The van der Waals surface area contributed by atoms with Crippen LogP contribution in [-0.4, -0.2) is 41.0 Å². The van der Waals surface area contributed by atoms with Gasteiger partial charge in [0.25, 0.3) is 11.8 Å². The molecule has 0 saturated heterocycles. The summed E-state index contributed by atoms with van der Waals surface area (Å²) in [5, 5.41) is 10.7. The minimum atomic E-state index is -0.721. The summed E-state index contributed by atoms with van der Waals surface area (Å²) in [6, 6.07) is 10.5. The van der Waals surface area contributed by atoms with Crippen molar-refractivity contribution in [3.63, 3.8) is 0 Å². The van der Waals surface area contributed by atoms with E-state index in [9.17, 15) is 9.59 Å². The van der Waals surface area contributed by atoms with Gasteiger partial charge in [-0.2, -0.15) is 0 Å². The van der Waals surface area contributed by atoms with Crippen LogP contribution in [0.15, 0.2) is 36.4 Å². The summed E-state index contributed by atoms with van der Waals surface area (Å²) in [4.78, 5) is 24.6. The van der Waals surface area contributed by atoms with E-state index in [0.717, 1.165) is 11.3 Å². The van der Waals surface area contributed by atoms with Crippen LogP contribution in [0.3, 0.4) is 0 Å². The van der Waals surface area contributed by atoms with Crippen LogP contribution >= 0.6 is 0 Å². The van der Waals surface area contributed by atoms with Gasteiger partial charge in [0.1, 0.15) is 0 Å². The molecule has 1 aromatic heterocycles. The van der Waals surface area contributed by atoms with Gasteiger partial charge in [-0.15, -0.1) is 5.10 Å². The fourth-order valence-electron chi connectivity index (χ4n) is 2.84. The largest absolute Gasteiger partial charge is 0.493 e. The number of carbonyl (C=O) groups excluding carboxylic acids is 2. The maximum absolute atomic E-state index is 12.8. The van der Waals surface area contributed by atoms with Gasteiger partial charge in [-0.05, 0) is 32.0 Å². The number of nitrogens with one attached hydrogen (secondary N) is 1. The van der Waals surface area contributed by atoms with E-state index in [4.69, 9.17) is 15.2 Å². The number of hydrogen-bond donors (Lipinski definition) is 2. The fourth-order valence-corrected chi connectivity index (χ4v) is 2.84. The first kappa shape index (κ1) is 19.9. The molecular formula is C20H21N5O4. The highest BCUT2D eigenvalue weighted by atomic mass is 16.5. The quantitative estimate of drug-likeness (QED) is 0.660. The molecule has 2 aromatic carbocycles. The van der Waals surface area contributed by atoms with Gasteiger partial charge >= 0.3 is 0 Å². The van der Waals surface area contributed by atoms with Crippen molar-refractivity contribution in [3.05, 3.63) is 58.9 Å². The number of primary amides is 1. The zero-order chi connectivity index (χ0) is 21.1. The number of hydrogen-bond acceptors (Lipinski definition) is 6. The summed E-state index contributed by atoms with van der Waals surface area (Å²) in [6.07, 6.45) is 0. The van der Waals surface area contributed by atoms with Gasteiger partial charge in [0.15, 0.2) is 17.2 Å². The standard InChI is InChI=1S/C20H21N5O4/c1-11-5-7-13(8-6-11)25-12(2)18(23-24-25)20(27)22-15-10-17(29-4)16(28-3)9-14(15)19(21)26/h5-10H,1-4H3,(H2,21,26)(H,22,27). The van der Waals surface area contributed by atoms with Crippen molar-refractivity contribution >= 4 is 17.5 Å². The molecule has 0 aliphatic carbocycles. The third-order valence-corrected chi connectivity index (χ3v) is 4.43. The molecule has 0 saturated carbocycles. The summed E-state index contributed by atoms with van der Waals surface area (Å²) in [5.74, 6) is -0.592. The van der Waals surface area contributed by atoms with E-state index in [0.29, 0.717) is 17.2 Å². The van der Waals surface area contributed by atoms with Crippen LogP contribution in [0.2, 0.25) is 0 Å². The second-order valence-corrected chi connectivity index (χ2v) is 6.34. The van der Waals surface area contributed by atoms with E-state index in [1.54, 1.807) is 11.6 Å². The third-order valence-electron chi connectivity index (χ3n) is 4.43. The van der Waals surface area contributed by atoms with Gasteiger partial charge in [0.05, 0.1) is 36.9 Å². The van der Waals surface area contributed by atoms with Gasteiger partial charge in [-0.1, -0.05) is 22.9 Å². The first-order valence-electron chi connectivity index (χ1n) is 8.72. The second kappa shape index (κ2) is 8.01. The van der Waals surface area contributed by atoms with Crippen molar-refractivity contribution in [3.8, 4) is 17.2 Å². The number of methoxy groups -OCH3 is 2. The summed E-state index contributed by atoms with van der Waals surface area (Å²) < 4.78 is 12.0. The van der Waals surface area contributed by atoms with Crippen LogP contribution in [0, 0.1) is 13.8 Å². The number of aryl methyl sites for hydroxylation is 1. The number of amides is 2. The van der Waals surface area contributed by atoms with E-state index in [1.807, 2.05) is 31.2 Å². The van der Waals surface area contributed by atoms with Gasteiger partial charge in [-0.3, -0.25) is 9.59 Å². The van der Waals surface area contributed by atoms with Gasteiger partial charge in [0.2, 0.25) is 0 Å². The average Bonchev–Trinajstić information content (AvgIpc) is 3.09. The Labute approximate surface area is 167 Å². The molecule has 9 nitrogen and oxygen atoms in total. The minimum absolute atomic E-state index is 0.0829. The zero-order valence-electron chi connectivity index (χ0n) is 16.5. The van der Waals surface area contributed by atoms with Crippen molar-refractivity contribution < 1.29 is 19.1 Å². The predicted molar refractivity (Wildman–Crippen MR) is 107 cm³/mol. The number of aromatic nitrogens is 3. The van der Waals surface area contributed by atoms with E-state index < -0.39 is 11.8 Å². The Bertz CT molecular complexity index is 1070. The lowest BCUT2D eigenvalue weighted by atomic mass is 10.1. The molecule has 0 atom stereocenters. The minimum Gasteiger partial charge on any atom is -0.493 e. The van der Waals surface area contributed by atoms with Crippen LogP contribution < -0.4 is 20.5 Å². The molecular weight excluding hydrogens is 374 g/mol. The summed E-state index contributed by atoms with van der Waals surface area (Å²) in [5.41, 5.74) is 8.27. The molecule has 29 heavy (non-hydrogen) atoms. The molecule has 3 N–H and O–H groups in total. The molecule has 0 unspecified atom stereocenters. The monoisotopic (exact) mass is 395 g/mol. The molecule has 150 valence electrons. The van der Waals surface area contributed by atoms with Gasteiger partial charge in [0, 0.05) is 6.07 Å². The van der Waals surface area contributed by atoms with Crippen LogP contribution in [0.5, 0.6) is 11.5 Å². The van der Waals surface area contributed by atoms with E-state index in [-0.39, 0.29) is 16.9 Å². The Balaban J connectivity index is 1.95. The number of nitrogens with zero attached hydrogens (tertiary/aromatic N) is 3. The van der Waals surface area contributed by atoms with E-state index >= 15 is 0 Å². The summed E-state index contributed by atoms with van der Waals surface area (Å²) >= 11 is 0. The Morgan fingerprint density at radius 1 is 1.03 bits per heavy atom. The molecule has 1 heterocycles. The van der Waals surface area contributed by atoms with Crippen molar-refractivity contribution in [1.29, 1.82) is 0 Å². The molecule has 0 radical (unpaired) electrons. The lowest BCUT2D eigenvalue weighted by Gasteiger charge is -2.13. The topological polar surface area (TPSA) is 121 Å². The van der Waals surface area contributed by atoms with Crippen molar-refractivity contribution in [1.82, 2.24) is 15.0 Å². The maximum atomic E-state index is 12.8. The van der Waals surface area contributed by atoms with Gasteiger partial charge in [-0.25, -0.2) is 4.68 Å². The Morgan fingerprint density at radius 2 is 1.66 bits per heavy atom. The normalized spacial score (nSPS) is 10.5. The van der Waals surface area contributed by atoms with Crippen molar-refractivity contribution in [2.75, 3.05) is 19.5 Å². The predicted octanol–water partition coefficient (Wildman–Crippen LogP) is 2.25. The number of carbonyl (C=O) groups is 2. The zero-order valence-corrected chi connectivity index (χ0v) is 16.5. The van der Waals surface area contributed by atoms with Gasteiger partial charge < -0.3 is 20.5 Å². The SMILES string of the molecule is COc1cc(NC(=O)c2nnn(-c3ccc(C)cc3)c2C)c(C(N)=O)cc1OC. The molecule has 0 fully saturated rings. The Hall–Kier alpha value is -3.88. The fraction of sp³-hybridized carbons (Fsp3) is 0.200. The van der Waals surface area contributed by atoms with Crippen LogP contribution in [0.25, 0.3) is 5.69 Å². The van der Waals surface area contributed by atoms with Crippen LogP contribution in [0.1, 0.15) is 32.1 Å². The second-order valence-electron chi connectivity index (χ2n) is 6.34. The number of ether oxygens (including phenoxy) is 2.